The third-order valence-corrected chi connectivity index (χ3v) is 7.51. The molecule has 0 N–H and O–H groups in total. The molecule has 94 valence electrons. The van der Waals surface area contributed by atoms with Crippen molar-refractivity contribution in [2.75, 3.05) is 39.4 Å². The number of rotatable bonds is 7. The summed E-state index contributed by atoms with van der Waals surface area (Å²) in [4.78, 5) is 4.39. The van der Waals surface area contributed by atoms with Gasteiger partial charge < -0.3 is 13.3 Å². The molecule has 0 spiro atoms. The Bertz CT molecular complexity index is 229. The van der Waals surface area contributed by atoms with Gasteiger partial charge in [-0.3, -0.25) is 4.99 Å². The minimum atomic E-state index is -2.35. The predicted octanol–water partition coefficient (Wildman–Crippen LogP) is 2.09. The lowest BCUT2D eigenvalue weighted by Gasteiger charge is -2.24. The first kappa shape index (κ1) is 14.5. The molecule has 1 rings (SSSR count). The zero-order valence-electron chi connectivity index (χ0n) is 10.0. The van der Waals surface area contributed by atoms with Crippen LogP contribution in [0, 0.1) is 0 Å². The van der Waals surface area contributed by atoms with Gasteiger partial charge in [0.1, 0.15) is 4.38 Å². The van der Waals surface area contributed by atoms with Crippen LogP contribution in [-0.2, 0) is 13.3 Å². The van der Waals surface area contributed by atoms with Gasteiger partial charge in [0, 0.05) is 33.1 Å². The van der Waals surface area contributed by atoms with Gasteiger partial charge in [-0.05, 0) is 12.2 Å². The summed E-state index contributed by atoms with van der Waals surface area (Å²) in [6.45, 7) is 0.972. The Hall–Kier alpha value is 0.467. The van der Waals surface area contributed by atoms with Crippen molar-refractivity contribution in [2.45, 2.75) is 12.5 Å². The van der Waals surface area contributed by atoms with E-state index in [2.05, 4.69) is 4.99 Å². The summed E-state index contributed by atoms with van der Waals surface area (Å²) in [7, 11) is 2.61. The first-order valence-corrected chi connectivity index (χ1v) is 9.12. The zero-order valence-corrected chi connectivity index (χ0v) is 12.7. The Balaban J connectivity index is 2.17. The van der Waals surface area contributed by atoms with Gasteiger partial charge in [0.15, 0.2) is 0 Å². The van der Waals surface area contributed by atoms with Crippen molar-refractivity contribution >= 4 is 36.7 Å². The molecule has 0 aromatic rings. The molecule has 0 aliphatic carbocycles. The van der Waals surface area contributed by atoms with Crippen LogP contribution in [0.2, 0.25) is 6.04 Å². The second-order valence-electron chi connectivity index (χ2n) is 3.24. The molecular formula is C9H19NO3S2Si. The van der Waals surface area contributed by atoms with Crippen molar-refractivity contribution < 1.29 is 13.3 Å². The van der Waals surface area contributed by atoms with E-state index in [0.717, 1.165) is 30.5 Å². The van der Waals surface area contributed by atoms with Crippen LogP contribution < -0.4 is 0 Å². The molecule has 0 radical (unpaired) electrons. The van der Waals surface area contributed by atoms with E-state index < -0.39 is 8.80 Å². The van der Waals surface area contributed by atoms with Crippen LogP contribution >= 0.6 is 23.5 Å². The van der Waals surface area contributed by atoms with Crippen molar-refractivity contribution in [1.29, 1.82) is 0 Å². The maximum absolute atomic E-state index is 5.36. The monoisotopic (exact) mass is 281 g/mol. The van der Waals surface area contributed by atoms with E-state index in [1.807, 2.05) is 23.5 Å². The lowest BCUT2D eigenvalue weighted by Crippen LogP contribution is -2.42. The van der Waals surface area contributed by atoms with Crippen molar-refractivity contribution in [3.8, 4) is 0 Å². The number of aliphatic imine (C=N–C) groups is 1. The second kappa shape index (κ2) is 7.73. The normalized spacial score (nSPS) is 16.6. The average molecular weight is 281 g/mol. The molecule has 1 aliphatic heterocycles. The SMILES string of the molecule is CO[Si](CCCSC1=NCCS1)(OC)OC. The Labute approximate surface area is 107 Å². The van der Waals surface area contributed by atoms with Gasteiger partial charge in [0.2, 0.25) is 0 Å². The highest BCUT2D eigenvalue weighted by Gasteiger charge is 2.36. The minimum Gasteiger partial charge on any atom is -0.377 e. The van der Waals surface area contributed by atoms with Crippen LogP contribution in [0.1, 0.15) is 6.42 Å². The van der Waals surface area contributed by atoms with Gasteiger partial charge in [-0.25, -0.2) is 0 Å². The van der Waals surface area contributed by atoms with Crippen LogP contribution in [0.5, 0.6) is 0 Å². The second-order valence-corrected chi connectivity index (χ2v) is 8.76. The van der Waals surface area contributed by atoms with E-state index >= 15 is 0 Å². The molecule has 16 heavy (non-hydrogen) atoms. The molecule has 0 amide bonds. The highest BCUT2D eigenvalue weighted by atomic mass is 32.2. The number of hydrogen-bond donors (Lipinski definition) is 0. The summed E-state index contributed by atoms with van der Waals surface area (Å²) in [5.74, 6) is 2.19. The molecule has 4 nitrogen and oxygen atoms in total. The Morgan fingerprint density at radius 2 is 2.00 bits per heavy atom. The van der Waals surface area contributed by atoms with Gasteiger partial charge >= 0.3 is 8.80 Å². The number of thioether (sulfide) groups is 2. The quantitative estimate of drug-likeness (QED) is 0.528. The van der Waals surface area contributed by atoms with Gasteiger partial charge in [0.25, 0.3) is 0 Å². The average Bonchev–Trinajstić information content (AvgIpc) is 2.83. The Morgan fingerprint density at radius 3 is 2.50 bits per heavy atom. The molecule has 7 heteroatoms. The summed E-state index contributed by atoms with van der Waals surface area (Å²) in [5.41, 5.74) is 0. The van der Waals surface area contributed by atoms with Crippen LogP contribution in [0.3, 0.4) is 0 Å². The Kier molecular flexibility index (Phi) is 7.02. The van der Waals surface area contributed by atoms with E-state index in [-0.39, 0.29) is 0 Å². The van der Waals surface area contributed by atoms with Crippen molar-refractivity contribution in [2.24, 2.45) is 4.99 Å². The molecule has 0 aromatic heterocycles. The smallest absolute Gasteiger partial charge is 0.377 e. The number of hydrogen-bond acceptors (Lipinski definition) is 6. The maximum atomic E-state index is 5.36. The van der Waals surface area contributed by atoms with Gasteiger partial charge in [-0.2, -0.15) is 0 Å². The minimum absolute atomic E-state index is 0.863. The maximum Gasteiger partial charge on any atom is 0.500 e. The highest BCUT2D eigenvalue weighted by molar-refractivity contribution is 8.39. The topological polar surface area (TPSA) is 40.0 Å². The third kappa shape index (κ3) is 4.38. The van der Waals surface area contributed by atoms with Gasteiger partial charge in [-0.15, -0.1) is 11.8 Å². The summed E-state index contributed by atoms with van der Waals surface area (Å²) in [6, 6.07) is 0.863. The first-order chi connectivity index (χ1) is 7.76. The van der Waals surface area contributed by atoms with Crippen LogP contribution in [0.25, 0.3) is 0 Å². The summed E-state index contributed by atoms with van der Waals surface area (Å²) in [6.07, 6.45) is 1.03. The van der Waals surface area contributed by atoms with E-state index in [9.17, 15) is 0 Å². The van der Waals surface area contributed by atoms with Crippen molar-refractivity contribution in [3.05, 3.63) is 0 Å². The van der Waals surface area contributed by atoms with E-state index in [4.69, 9.17) is 13.3 Å². The molecule has 0 atom stereocenters. The third-order valence-electron chi connectivity index (χ3n) is 2.34. The van der Waals surface area contributed by atoms with Crippen LogP contribution in [-0.4, -0.2) is 52.6 Å². The van der Waals surface area contributed by atoms with Gasteiger partial charge in [0.05, 0.1) is 6.54 Å². The standard InChI is InChI=1S/C9H19NO3S2Si/c1-11-16(12-2,13-3)8-4-6-14-9-10-5-7-15-9/h4-8H2,1-3H3. The number of nitrogens with zero attached hydrogens (tertiary/aromatic N) is 1. The molecular weight excluding hydrogens is 262 g/mol. The van der Waals surface area contributed by atoms with E-state index in [0.29, 0.717) is 0 Å². The van der Waals surface area contributed by atoms with Crippen molar-refractivity contribution in [1.82, 2.24) is 0 Å². The summed E-state index contributed by atoms with van der Waals surface area (Å²) in [5, 5.41) is 0. The fourth-order valence-corrected chi connectivity index (χ4v) is 5.40. The molecule has 0 aromatic carbocycles. The molecule has 1 aliphatic rings. The molecule has 0 saturated heterocycles. The van der Waals surface area contributed by atoms with Gasteiger partial charge in [-0.1, -0.05) is 11.8 Å². The fourth-order valence-electron chi connectivity index (χ4n) is 1.41. The van der Waals surface area contributed by atoms with Crippen molar-refractivity contribution in [3.63, 3.8) is 0 Å². The van der Waals surface area contributed by atoms with E-state index in [1.54, 1.807) is 21.3 Å². The Morgan fingerprint density at radius 1 is 1.31 bits per heavy atom. The summed E-state index contributed by atoms with van der Waals surface area (Å²) < 4.78 is 17.3. The highest BCUT2D eigenvalue weighted by Crippen LogP contribution is 2.24. The summed E-state index contributed by atoms with van der Waals surface area (Å²) >= 11 is 3.67. The predicted molar refractivity (Wildman–Crippen MR) is 73.4 cm³/mol. The van der Waals surface area contributed by atoms with E-state index in [1.165, 1.54) is 4.38 Å². The lowest BCUT2D eigenvalue weighted by molar-refractivity contribution is 0.123. The lowest BCUT2D eigenvalue weighted by atomic mass is 10.6. The molecule has 0 unspecified atom stereocenters. The fraction of sp³-hybridized carbons (Fsp3) is 0.889. The first-order valence-electron chi connectivity index (χ1n) is 5.22. The zero-order chi connectivity index (χ0) is 11.9. The molecule has 0 fully saturated rings. The molecule has 0 saturated carbocycles. The van der Waals surface area contributed by atoms with Crippen LogP contribution in [0.15, 0.2) is 4.99 Å². The van der Waals surface area contributed by atoms with Crippen LogP contribution in [0.4, 0.5) is 0 Å². The largest absolute Gasteiger partial charge is 0.500 e. The molecule has 1 heterocycles. The molecule has 0 bridgehead atoms.